The lowest BCUT2D eigenvalue weighted by Crippen LogP contribution is -2.34. The summed E-state index contributed by atoms with van der Waals surface area (Å²) in [6.07, 6.45) is 0. The summed E-state index contributed by atoms with van der Waals surface area (Å²) in [6, 6.07) is 5.82. The monoisotopic (exact) mass is 320 g/mol. The zero-order valence-electron chi connectivity index (χ0n) is 12.1. The maximum atomic E-state index is 6.25. The maximum Gasteiger partial charge on any atom is 0.227 e. The zero-order chi connectivity index (χ0) is 15.5. The van der Waals surface area contributed by atoms with Gasteiger partial charge in [-0.25, -0.2) is 0 Å². The Morgan fingerprint density at radius 3 is 2.91 bits per heavy atom. The molecule has 1 aliphatic rings. The van der Waals surface area contributed by atoms with Crippen LogP contribution in [0.1, 0.15) is 11.6 Å². The van der Waals surface area contributed by atoms with Crippen LogP contribution in [0, 0.1) is 0 Å². The second-order valence-electron chi connectivity index (χ2n) is 4.95. The van der Waals surface area contributed by atoms with Crippen LogP contribution >= 0.6 is 11.6 Å². The number of halogens is 1. The predicted molar refractivity (Wildman–Crippen MR) is 85.8 cm³/mol. The molecule has 22 heavy (non-hydrogen) atoms. The van der Waals surface area contributed by atoms with Crippen LogP contribution in [-0.4, -0.2) is 41.8 Å². The van der Waals surface area contributed by atoms with Gasteiger partial charge in [-0.05, 0) is 23.8 Å². The van der Waals surface area contributed by atoms with Gasteiger partial charge in [0.05, 0.1) is 19.3 Å². The van der Waals surface area contributed by atoms with Gasteiger partial charge in [0.2, 0.25) is 11.9 Å². The van der Waals surface area contributed by atoms with Crippen molar-refractivity contribution in [1.29, 1.82) is 0 Å². The molecule has 1 atom stereocenters. The lowest BCUT2D eigenvalue weighted by atomic mass is 10.0. The number of aromatic nitrogens is 3. The highest BCUT2D eigenvalue weighted by Gasteiger charge is 2.17. The number of anilines is 2. The average Bonchev–Trinajstić information content (AvgIpc) is 2.54. The third kappa shape index (κ3) is 3.27. The fraction of sp³-hybridized carbons (Fsp3) is 0.357. The Balaban J connectivity index is 2.00. The van der Waals surface area contributed by atoms with Crippen LogP contribution in [0.3, 0.4) is 0 Å². The van der Waals surface area contributed by atoms with Crippen molar-refractivity contribution in [1.82, 2.24) is 20.3 Å². The van der Waals surface area contributed by atoms with Gasteiger partial charge >= 0.3 is 0 Å². The molecule has 1 fully saturated rings. The summed E-state index contributed by atoms with van der Waals surface area (Å²) in [5, 5.41) is 6.88. The Hall–Kier alpha value is -1.96. The Bertz CT molecular complexity index is 674. The largest absolute Gasteiger partial charge is 0.378 e. The third-order valence-electron chi connectivity index (χ3n) is 3.38. The van der Waals surface area contributed by atoms with Crippen LogP contribution in [0.25, 0.3) is 11.4 Å². The number of nitrogen functional groups attached to an aromatic ring is 1. The van der Waals surface area contributed by atoms with Crippen LogP contribution in [0.15, 0.2) is 18.2 Å². The summed E-state index contributed by atoms with van der Waals surface area (Å²) in [6.45, 7) is 2.15. The molecule has 1 aliphatic heterocycles. The van der Waals surface area contributed by atoms with Crippen molar-refractivity contribution >= 4 is 23.5 Å². The summed E-state index contributed by atoms with van der Waals surface area (Å²) in [5.41, 5.74) is 7.55. The third-order valence-corrected chi connectivity index (χ3v) is 3.60. The van der Waals surface area contributed by atoms with Crippen LogP contribution in [0.4, 0.5) is 11.9 Å². The summed E-state index contributed by atoms with van der Waals surface area (Å²) >= 11 is 6.25. The number of rotatable bonds is 3. The van der Waals surface area contributed by atoms with Crippen LogP contribution < -0.4 is 16.4 Å². The fourth-order valence-electron chi connectivity index (χ4n) is 2.36. The molecule has 2 aromatic rings. The van der Waals surface area contributed by atoms with Gasteiger partial charge in [0, 0.05) is 24.2 Å². The molecule has 1 aromatic heterocycles. The Kier molecular flexibility index (Phi) is 4.37. The van der Waals surface area contributed by atoms with E-state index in [1.165, 1.54) is 0 Å². The second kappa shape index (κ2) is 6.43. The van der Waals surface area contributed by atoms with E-state index >= 15 is 0 Å². The number of nitrogens with one attached hydrogen (secondary N) is 2. The normalized spacial score (nSPS) is 18.2. The minimum atomic E-state index is 0.106. The molecule has 2 heterocycles. The first-order valence-electron chi connectivity index (χ1n) is 6.97. The number of nitrogens with two attached hydrogens (primary N) is 1. The molecule has 0 bridgehead atoms. The van der Waals surface area contributed by atoms with E-state index in [0.29, 0.717) is 23.4 Å². The molecule has 116 valence electrons. The molecule has 3 rings (SSSR count). The van der Waals surface area contributed by atoms with Crippen molar-refractivity contribution in [3.63, 3.8) is 0 Å². The highest BCUT2D eigenvalue weighted by molar-refractivity contribution is 6.30. The first kappa shape index (κ1) is 15.0. The minimum absolute atomic E-state index is 0.106. The maximum absolute atomic E-state index is 6.25. The number of hydrogen-bond donors (Lipinski definition) is 3. The van der Waals surface area contributed by atoms with E-state index in [-0.39, 0.29) is 12.0 Å². The summed E-state index contributed by atoms with van der Waals surface area (Å²) in [5.74, 6) is 1.07. The van der Waals surface area contributed by atoms with E-state index in [1.807, 2.05) is 18.2 Å². The van der Waals surface area contributed by atoms with Crippen molar-refractivity contribution < 1.29 is 4.74 Å². The molecule has 1 aromatic carbocycles. The molecule has 0 spiro atoms. The second-order valence-corrected chi connectivity index (χ2v) is 5.38. The summed E-state index contributed by atoms with van der Waals surface area (Å²) in [4.78, 5) is 12.5. The molecule has 0 saturated carbocycles. The van der Waals surface area contributed by atoms with E-state index in [2.05, 4.69) is 25.6 Å². The van der Waals surface area contributed by atoms with Crippen LogP contribution in [-0.2, 0) is 4.74 Å². The molecular formula is C14H17ClN6O. The molecule has 0 aliphatic carbocycles. The number of nitrogens with zero attached hydrogens (tertiary/aromatic N) is 3. The molecule has 0 radical (unpaired) electrons. The van der Waals surface area contributed by atoms with Crippen molar-refractivity contribution in [2.45, 2.75) is 6.04 Å². The number of morpholine rings is 1. The van der Waals surface area contributed by atoms with E-state index in [0.717, 1.165) is 24.3 Å². The quantitative estimate of drug-likeness (QED) is 0.787. The molecular weight excluding hydrogens is 304 g/mol. The van der Waals surface area contributed by atoms with Gasteiger partial charge in [0.15, 0.2) is 5.82 Å². The minimum Gasteiger partial charge on any atom is -0.378 e. The lowest BCUT2D eigenvalue weighted by Gasteiger charge is -2.24. The van der Waals surface area contributed by atoms with E-state index in [1.54, 1.807) is 7.05 Å². The van der Waals surface area contributed by atoms with E-state index in [4.69, 9.17) is 22.1 Å². The van der Waals surface area contributed by atoms with Crippen molar-refractivity contribution in [2.75, 3.05) is 37.9 Å². The van der Waals surface area contributed by atoms with Gasteiger partial charge in [-0.3, -0.25) is 0 Å². The van der Waals surface area contributed by atoms with Gasteiger partial charge in [0.25, 0.3) is 0 Å². The van der Waals surface area contributed by atoms with E-state index in [9.17, 15) is 0 Å². The highest BCUT2D eigenvalue weighted by Crippen LogP contribution is 2.27. The molecule has 1 saturated heterocycles. The van der Waals surface area contributed by atoms with Crippen LogP contribution in [0.5, 0.6) is 0 Å². The summed E-state index contributed by atoms with van der Waals surface area (Å²) < 4.78 is 5.50. The topological polar surface area (TPSA) is 98.0 Å². The lowest BCUT2D eigenvalue weighted by molar-refractivity contribution is 0.0769. The average molecular weight is 321 g/mol. The molecule has 0 amide bonds. The fourth-order valence-corrected chi connectivity index (χ4v) is 2.60. The van der Waals surface area contributed by atoms with Crippen molar-refractivity contribution in [2.24, 2.45) is 0 Å². The first-order valence-corrected chi connectivity index (χ1v) is 7.35. The van der Waals surface area contributed by atoms with Crippen molar-refractivity contribution in [3.05, 3.63) is 28.8 Å². The smallest absolute Gasteiger partial charge is 0.227 e. The van der Waals surface area contributed by atoms with Crippen molar-refractivity contribution in [3.8, 4) is 11.4 Å². The van der Waals surface area contributed by atoms with Gasteiger partial charge in [-0.2, -0.15) is 15.0 Å². The first-order chi connectivity index (χ1) is 10.7. The Labute approximate surface area is 133 Å². The van der Waals surface area contributed by atoms with E-state index < -0.39 is 0 Å². The SMILES string of the molecule is CNc1nc(N)nc(-c2cc(Cl)cc(C3COCCN3)c2)n1. The molecule has 8 heteroatoms. The van der Waals surface area contributed by atoms with Gasteiger partial charge in [-0.1, -0.05) is 11.6 Å². The Morgan fingerprint density at radius 2 is 2.18 bits per heavy atom. The molecule has 1 unspecified atom stereocenters. The highest BCUT2D eigenvalue weighted by atomic mass is 35.5. The predicted octanol–water partition coefficient (Wildman–Crippen LogP) is 1.48. The number of ether oxygens (including phenoxy) is 1. The van der Waals surface area contributed by atoms with Gasteiger partial charge in [0.1, 0.15) is 0 Å². The standard InChI is InChI=1S/C14H17ClN6O/c1-17-14-20-12(19-13(16)21-14)9-4-8(5-10(15)6-9)11-7-22-3-2-18-11/h4-6,11,18H,2-3,7H2,1H3,(H3,16,17,19,20,21). The zero-order valence-corrected chi connectivity index (χ0v) is 12.9. The molecule has 7 nitrogen and oxygen atoms in total. The Morgan fingerprint density at radius 1 is 1.32 bits per heavy atom. The number of hydrogen-bond acceptors (Lipinski definition) is 7. The number of benzene rings is 1. The van der Waals surface area contributed by atoms with Crippen LogP contribution in [0.2, 0.25) is 5.02 Å². The van der Waals surface area contributed by atoms with Gasteiger partial charge < -0.3 is 21.1 Å². The summed E-state index contributed by atoms with van der Waals surface area (Å²) in [7, 11) is 1.73. The molecule has 4 N–H and O–H groups in total. The van der Waals surface area contributed by atoms with Gasteiger partial charge in [-0.15, -0.1) is 0 Å².